The van der Waals surface area contributed by atoms with E-state index in [2.05, 4.69) is 15.4 Å². The molecular weight excluding hydrogens is 355 g/mol. The number of pyridine rings is 1. The van der Waals surface area contributed by atoms with Crippen molar-refractivity contribution in [3.63, 3.8) is 0 Å². The molecule has 3 heterocycles. The van der Waals surface area contributed by atoms with Crippen molar-refractivity contribution >= 4 is 23.1 Å². The van der Waals surface area contributed by atoms with Crippen molar-refractivity contribution in [2.45, 2.75) is 12.7 Å². The number of amides is 1. The van der Waals surface area contributed by atoms with E-state index in [0.717, 1.165) is 10.7 Å². The van der Waals surface area contributed by atoms with Crippen LogP contribution in [0.1, 0.15) is 20.8 Å². The fourth-order valence-electron chi connectivity index (χ4n) is 2.18. The maximum absolute atomic E-state index is 13.1. The summed E-state index contributed by atoms with van der Waals surface area (Å²) >= 11 is 1.22. The Balaban J connectivity index is 1.86. The number of aromatic nitrogens is 3. The molecule has 3 aromatic rings. The highest BCUT2D eigenvalue weighted by molar-refractivity contribution is 7.12. The molecular formula is C15H12F3N5OS. The fourth-order valence-corrected chi connectivity index (χ4v) is 3.01. The highest BCUT2D eigenvalue weighted by Crippen LogP contribution is 2.32. The van der Waals surface area contributed by atoms with E-state index in [1.54, 1.807) is 11.4 Å². The van der Waals surface area contributed by atoms with Gasteiger partial charge in [0.25, 0.3) is 5.91 Å². The third kappa shape index (κ3) is 3.54. The van der Waals surface area contributed by atoms with Gasteiger partial charge in [0.1, 0.15) is 5.56 Å². The largest absolute Gasteiger partial charge is 0.420 e. The van der Waals surface area contributed by atoms with Gasteiger partial charge in [-0.2, -0.15) is 13.2 Å². The van der Waals surface area contributed by atoms with Crippen LogP contribution in [0.5, 0.6) is 0 Å². The summed E-state index contributed by atoms with van der Waals surface area (Å²) in [5, 5.41) is 8.23. The molecule has 0 aromatic carbocycles. The summed E-state index contributed by atoms with van der Waals surface area (Å²) < 4.78 is 40.1. The molecule has 25 heavy (non-hydrogen) atoms. The molecule has 3 rings (SSSR count). The molecule has 0 saturated heterocycles. The zero-order valence-corrected chi connectivity index (χ0v) is 13.4. The van der Waals surface area contributed by atoms with Crippen LogP contribution in [0.2, 0.25) is 0 Å². The molecule has 130 valence electrons. The van der Waals surface area contributed by atoms with Crippen molar-refractivity contribution in [2.24, 2.45) is 5.73 Å². The zero-order chi connectivity index (χ0) is 18.0. The van der Waals surface area contributed by atoms with E-state index in [4.69, 9.17) is 5.73 Å². The predicted molar refractivity (Wildman–Crippen MR) is 86.5 cm³/mol. The summed E-state index contributed by atoms with van der Waals surface area (Å²) in [5.74, 6) is -0.674. The molecule has 0 radical (unpaired) electrons. The molecule has 0 aliphatic rings. The van der Waals surface area contributed by atoms with E-state index in [-0.39, 0.29) is 18.2 Å². The zero-order valence-electron chi connectivity index (χ0n) is 12.6. The van der Waals surface area contributed by atoms with Gasteiger partial charge in [-0.1, -0.05) is 0 Å². The lowest BCUT2D eigenvalue weighted by atomic mass is 10.2. The van der Waals surface area contributed by atoms with Crippen LogP contribution in [0.15, 0.2) is 42.0 Å². The average molecular weight is 367 g/mol. The highest BCUT2D eigenvalue weighted by Gasteiger charge is 2.34. The van der Waals surface area contributed by atoms with Crippen molar-refractivity contribution < 1.29 is 18.0 Å². The summed E-state index contributed by atoms with van der Waals surface area (Å²) in [6.45, 7) is 0.212. The molecule has 0 aliphatic heterocycles. The Hall–Kier alpha value is -2.72. The minimum Gasteiger partial charge on any atom is -0.326 e. The number of thiophene rings is 1. The minimum absolute atomic E-state index is 0.111. The van der Waals surface area contributed by atoms with Gasteiger partial charge in [-0.05, 0) is 29.1 Å². The van der Waals surface area contributed by atoms with E-state index >= 15 is 0 Å². The summed E-state index contributed by atoms with van der Waals surface area (Å²) in [6, 6.07) is 5.25. The van der Waals surface area contributed by atoms with Crippen LogP contribution in [-0.2, 0) is 12.7 Å². The lowest BCUT2D eigenvalue weighted by Gasteiger charge is -2.11. The quantitative estimate of drug-likeness (QED) is 0.742. The first-order chi connectivity index (χ1) is 11.9. The second kappa shape index (κ2) is 6.65. The summed E-state index contributed by atoms with van der Waals surface area (Å²) in [6.07, 6.45) is -2.03. The number of nitrogens with two attached hydrogens (primary N) is 1. The van der Waals surface area contributed by atoms with Crippen molar-refractivity contribution in [3.8, 4) is 5.82 Å². The third-order valence-corrected chi connectivity index (χ3v) is 4.27. The van der Waals surface area contributed by atoms with Crippen LogP contribution < -0.4 is 11.1 Å². The van der Waals surface area contributed by atoms with E-state index in [1.165, 1.54) is 35.9 Å². The van der Waals surface area contributed by atoms with Gasteiger partial charge < -0.3 is 11.1 Å². The molecule has 6 nitrogen and oxygen atoms in total. The minimum atomic E-state index is -4.56. The third-order valence-electron chi connectivity index (χ3n) is 3.31. The highest BCUT2D eigenvalue weighted by atomic mass is 32.1. The lowest BCUT2D eigenvalue weighted by molar-refractivity contribution is -0.137. The van der Waals surface area contributed by atoms with Crippen molar-refractivity contribution in [2.75, 3.05) is 5.32 Å². The molecule has 3 aromatic heterocycles. The van der Waals surface area contributed by atoms with E-state index < -0.39 is 17.6 Å². The summed E-state index contributed by atoms with van der Waals surface area (Å²) in [4.78, 5) is 16.4. The Kier molecular flexibility index (Phi) is 4.55. The number of nitrogens with zero attached hydrogens (tertiary/aromatic N) is 3. The number of anilines is 1. The van der Waals surface area contributed by atoms with Gasteiger partial charge in [-0.3, -0.25) is 4.79 Å². The van der Waals surface area contributed by atoms with E-state index in [1.807, 2.05) is 0 Å². The first kappa shape index (κ1) is 17.1. The summed E-state index contributed by atoms with van der Waals surface area (Å²) in [7, 11) is 0. The molecule has 0 bridgehead atoms. The Morgan fingerprint density at radius 1 is 1.32 bits per heavy atom. The van der Waals surface area contributed by atoms with Crippen LogP contribution in [0.4, 0.5) is 19.0 Å². The maximum atomic E-state index is 13.1. The normalized spacial score (nSPS) is 11.5. The number of carbonyl (C=O) groups is 1. The number of hydrogen-bond acceptors (Lipinski definition) is 5. The number of halogens is 3. The Morgan fingerprint density at radius 2 is 2.12 bits per heavy atom. The first-order valence-corrected chi connectivity index (χ1v) is 7.94. The fraction of sp³-hybridized carbons (Fsp3) is 0.133. The molecule has 10 heteroatoms. The number of nitrogens with one attached hydrogen (secondary N) is 1. The lowest BCUT2D eigenvalue weighted by Crippen LogP contribution is -2.15. The summed E-state index contributed by atoms with van der Waals surface area (Å²) in [5.41, 5.74) is 5.33. The van der Waals surface area contributed by atoms with Crippen LogP contribution in [0.3, 0.4) is 0 Å². The molecule has 0 fully saturated rings. The smallest absolute Gasteiger partial charge is 0.326 e. The van der Waals surface area contributed by atoms with E-state index in [0.29, 0.717) is 10.4 Å². The average Bonchev–Trinajstić information content (AvgIpc) is 3.22. The number of alkyl halides is 3. The van der Waals surface area contributed by atoms with Gasteiger partial charge in [0.15, 0.2) is 11.6 Å². The molecule has 0 aliphatic carbocycles. The Labute approximate surface area is 144 Å². The molecule has 0 saturated carbocycles. The predicted octanol–water partition coefficient (Wildman–Crippen LogP) is 3.06. The molecule has 0 unspecified atom stereocenters. The molecule has 1 amide bonds. The van der Waals surface area contributed by atoms with Crippen molar-refractivity contribution in [1.82, 2.24) is 14.8 Å². The van der Waals surface area contributed by atoms with Crippen LogP contribution in [0, 0.1) is 0 Å². The van der Waals surface area contributed by atoms with Crippen LogP contribution in [0.25, 0.3) is 5.82 Å². The van der Waals surface area contributed by atoms with E-state index in [9.17, 15) is 18.0 Å². The van der Waals surface area contributed by atoms with Gasteiger partial charge in [0.2, 0.25) is 0 Å². The second-order valence-electron chi connectivity index (χ2n) is 4.95. The van der Waals surface area contributed by atoms with Crippen molar-refractivity contribution in [3.05, 3.63) is 58.0 Å². The van der Waals surface area contributed by atoms with Crippen LogP contribution in [-0.4, -0.2) is 20.7 Å². The standard InChI is InChI=1S/C15H12F3N5OS/c16-15(17,18)10-2-1-5-20-13(10)23-6-3-11(22-23)21-14(24)12-9(8-19)4-7-25-12/h1-7H,8,19H2,(H,21,22,24). The van der Waals surface area contributed by atoms with Gasteiger partial charge >= 0.3 is 6.18 Å². The Bertz CT molecular complexity index is 902. The topological polar surface area (TPSA) is 85.8 Å². The Morgan fingerprint density at radius 3 is 2.84 bits per heavy atom. The molecule has 3 N–H and O–H groups in total. The number of carbonyl (C=O) groups excluding carboxylic acids is 1. The maximum Gasteiger partial charge on any atom is 0.420 e. The van der Waals surface area contributed by atoms with Gasteiger partial charge in [0.05, 0.1) is 4.88 Å². The monoisotopic (exact) mass is 367 g/mol. The first-order valence-electron chi connectivity index (χ1n) is 7.06. The van der Waals surface area contributed by atoms with Crippen molar-refractivity contribution in [1.29, 1.82) is 0 Å². The van der Waals surface area contributed by atoms with Crippen LogP contribution >= 0.6 is 11.3 Å². The molecule has 0 atom stereocenters. The van der Waals surface area contributed by atoms with Gasteiger partial charge in [0, 0.05) is 25.0 Å². The van der Waals surface area contributed by atoms with Gasteiger partial charge in [-0.15, -0.1) is 16.4 Å². The SMILES string of the molecule is NCc1ccsc1C(=O)Nc1ccn(-c2ncccc2C(F)(F)F)n1. The van der Waals surface area contributed by atoms with Gasteiger partial charge in [-0.25, -0.2) is 9.67 Å². The molecule has 0 spiro atoms. The number of rotatable bonds is 4. The second-order valence-corrected chi connectivity index (χ2v) is 5.87. The number of hydrogen-bond donors (Lipinski definition) is 2.